The number of carbonyl (C=O) groups is 1. The molecular formula is C10H16O3. The second-order valence-electron chi connectivity index (χ2n) is 4.12. The topological polar surface area (TPSA) is 35.5 Å². The van der Waals surface area contributed by atoms with Crippen LogP contribution in [0, 0.1) is 11.3 Å². The molecule has 0 radical (unpaired) electrons. The van der Waals surface area contributed by atoms with Crippen molar-refractivity contribution in [3.63, 3.8) is 0 Å². The smallest absolute Gasteiger partial charge is 0.316 e. The summed E-state index contributed by atoms with van der Waals surface area (Å²) in [5.41, 5.74) is -0.273. The number of hydrogen-bond acceptors (Lipinski definition) is 3. The van der Waals surface area contributed by atoms with Gasteiger partial charge in [0.2, 0.25) is 0 Å². The Labute approximate surface area is 78.4 Å². The number of ether oxygens (including phenoxy) is 2. The van der Waals surface area contributed by atoms with Crippen molar-refractivity contribution in [3.05, 3.63) is 0 Å². The molecule has 0 aromatic rings. The van der Waals surface area contributed by atoms with Crippen molar-refractivity contribution in [2.75, 3.05) is 20.3 Å². The van der Waals surface area contributed by atoms with Crippen molar-refractivity contribution in [1.29, 1.82) is 0 Å². The van der Waals surface area contributed by atoms with E-state index < -0.39 is 0 Å². The first kappa shape index (κ1) is 9.00. The van der Waals surface area contributed by atoms with Crippen molar-refractivity contribution >= 4 is 5.97 Å². The molecule has 3 heteroatoms. The first-order valence-electron chi connectivity index (χ1n) is 4.96. The second-order valence-corrected chi connectivity index (χ2v) is 4.12. The van der Waals surface area contributed by atoms with Gasteiger partial charge in [-0.15, -0.1) is 0 Å². The molecule has 0 aromatic heterocycles. The van der Waals surface area contributed by atoms with Gasteiger partial charge < -0.3 is 9.47 Å². The van der Waals surface area contributed by atoms with Gasteiger partial charge in [-0.05, 0) is 18.8 Å². The molecule has 0 bridgehead atoms. The molecule has 0 atom stereocenters. The largest absolute Gasteiger partial charge is 0.468 e. The van der Waals surface area contributed by atoms with E-state index in [4.69, 9.17) is 9.47 Å². The predicted molar refractivity (Wildman–Crippen MR) is 47.2 cm³/mol. The third-order valence-corrected chi connectivity index (χ3v) is 3.45. The number of carbonyl (C=O) groups excluding carboxylic acids is 1. The van der Waals surface area contributed by atoms with Crippen LogP contribution in [0.3, 0.4) is 0 Å². The molecule has 2 aliphatic rings. The third-order valence-electron chi connectivity index (χ3n) is 3.45. The Bertz CT molecular complexity index is 202. The lowest BCUT2D eigenvalue weighted by Gasteiger charge is -2.43. The van der Waals surface area contributed by atoms with E-state index >= 15 is 0 Å². The molecule has 13 heavy (non-hydrogen) atoms. The van der Waals surface area contributed by atoms with Gasteiger partial charge in [0.15, 0.2) is 0 Å². The molecule has 1 aliphatic carbocycles. The highest BCUT2D eigenvalue weighted by molar-refractivity contribution is 5.78. The van der Waals surface area contributed by atoms with Gasteiger partial charge in [-0.3, -0.25) is 4.79 Å². The molecule has 3 nitrogen and oxygen atoms in total. The molecule has 1 heterocycles. The fraction of sp³-hybridized carbons (Fsp3) is 0.900. The van der Waals surface area contributed by atoms with Crippen LogP contribution < -0.4 is 0 Å². The normalized spacial score (nSPS) is 26.8. The third kappa shape index (κ3) is 1.26. The Kier molecular flexibility index (Phi) is 2.28. The Morgan fingerprint density at radius 1 is 1.38 bits per heavy atom. The van der Waals surface area contributed by atoms with Gasteiger partial charge in [0.1, 0.15) is 5.41 Å². The molecule has 1 saturated carbocycles. The summed E-state index contributed by atoms with van der Waals surface area (Å²) in [4.78, 5) is 11.6. The highest BCUT2D eigenvalue weighted by Gasteiger charge is 2.53. The van der Waals surface area contributed by atoms with E-state index in [-0.39, 0.29) is 11.4 Å². The van der Waals surface area contributed by atoms with Crippen LogP contribution in [0.5, 0.6) is 0 Å². The summed E-state index contributed by atoms with van der Waals surface area (Å²) in [6, 6.07) is 0. The molecule has 74 valence electrons. The zero-order chi connectivity index (χ0) is 9.31. The summed E-state index contributed by atoms with van der Waals surface area (Å²) >= 11 is 0. The molecule has 2 fully saturated rings. The van der Waals surface area contributed by atoms with Crippen LogP contribution in [0.4, 0.5) is 0 Å². The van der Waals surface area contributed by atoms with Gasteiger partial charge in [-0.1, -0.05) is 12.8 Å². The van der Waals surface area contributed by atoms with Gasteiger partial charge in [-0.25, -0.2) is 0 Å². The predicted octanol–water partition coefficient (Wildman–Crippen LogP) is 1.37. The van der Waals surface area contributed by atoms with E-state index in [2.05, 4.69) is 0 Å². The maximum atomic E-state index is 11.6. The van der Waals surface area contributed by atoms with Crippen LogP contribution in [0.15, 0.2) is 0 Å². The average Bonchev–Trinajstić information content (AvgIpc) is 2.55. The molecule has 0 aromatic carbocycles. The molecule has 0 amide bonds. The quantitative estimate of drug-likeness (QED) is 0.608. The Morgan fingerprint density at radius 3 is 2.38 bits per heavy atom. The monoisotopic (exact) mass is 184 g/mol. The molecule has 0 spiro atoms. The molecule has 0 N–H and O–H groups in total. The lowest BCUT2D eigenvalue weighted by molar-refractivity contribution is -0.194. The van der Waals surface area contributed by atoms with Crippen LogP contribution in [-0.2, 0) is 14.3 Å². The standard InChI is InChI=1S/C10H16O3/c1-12-9(11)10(6-13-7-10)8-4-2-3-5-8/h8H,2-7H2,1H3. The van der Waals surface area contributed by atoms with E-state index in [1.165, 1.54) is 32.8 Å². The molecular weight excluding hydrogens is 168 g/mol. The maximum Gasteiger partial charge on any atom is 0.316 e. The highest BCUT2D eigenvalue weighted by Crippen LogP contribution is 2.45. The van der Waals surface area contributed by atoms with E-state index in [0.29, 0.717) is 19.1 Å². The van der Waals surface area contributed by atoms with E-state index in [1.54, 1.807) is 0 Å². The summed E-state index contributed by atoms with van der Waals surface area (Å²) in [5.74, 6) is 0.444. The summed E-state index contributed by atoms with van der Waals surface area (Å²) in [6.07, 6.45) is 4.84. The summed E-state index contributed by atoms with van der Waals surface area (Å²) in [6.45, 7) is 1.15. The van der Waals surface area contributed by atoms with Gasteiger partial charge in [0.25, 0.3) is 0 Å². The zero-order valence-electron chi connectivity index (χ0n) is 8.04. The fourth-order valence-corrected chi connectivity index (χ4v) is 2.52. The van der Waals surface area contributed by atoms with Gasteiger partial charge in [-0.2, -0.15) is 0 Å². The lowest BCUT2D eigenvalue weighted by atomic mass is 9.72. The number of hydrogen-bond donors (Lipinski definition) is 0. The number of esters is 1. The molecule has 2 rings (SSSR count). The minimum atomic E-state index is -0.273. The summed E-state index contributed by atoms with van der Waals surface area (Å²) < 4.78 is 10.0. The molecule has 1 aliphatic heterocycles. The van der Waals surface area contributed by atoms with Crippen molar-refractivity contribution in [1.82, 2.24) is 0 Å². The van der Waals surface area contributed by atoms with Crippen LogP contribution in [0.1, 0.15) is 25.7 Å². The molecule has 0 unspecified atom stereocenters. The summed E-state index contributed by atoms with van der Waals surface area (Å²) in [5, 5.41) is 0. The zero-order valence-corrected chi connectivity index (χ0v) is 8.04. The van der Waals surface area contributed by atoms with Crippen molar-refractivity contribution in [2.45, 2.75) is 25.7 Å². The minimum Gasteiger partial charge on any atom is -0.468 e. The molecule has 1 saturated heterocycles. The van der Waals surface area contributed by atoms with Gasteiger partial charge >= 0.3 is 5.97 Å². The second kappa shape index (κ2) is 3.29. The van der Waals surface area contributed by atoms with Crippen molar-refractivity contribution < 1.29 is 14.3 Å². The highest BCUT2D eigenvalue weighted by atomic mass is 16.5. The Balaban J connectivity index is 2.09. The Hall–Kier alpha value is -0.570. The fourth-order valence-electron chi connectivity index (χ4n) is 2.52. The van der Waals surface area contributed by atoms with E-state index in [1.807, 2.05) is 0 Å². The van der Waals surface area contributed by atoms with Crippen LogP contribution in [-0.4, -0.2) is 26.3 Å². The minimum absolute atomic E-state index is 0.0642. The van der Waals surface area contributed by atoms with Gasteiger partial charge in [0.05, 0.1) is 20.3 Å². The summed E-state index contributed by atoms with van der Waals surface area (Å²) in [7, 11) is 1.47. The SMILES string of the molecule is COC(=O)C1(C2CCCC2)COC1. The first-order valence-corrected chi connectivity index (χ1v) is 4.96. The van der Waals surface area contributed by atoms with Crippen molar-refractivity contribution in [3.8, 4) is 0 Å². The first-order chi connectivity index (χ1) is 6.29. The van der Waals surface area contributed by atoms with E-state index in [9.17, 15) is 4.79 Å². The lowest BCUT2D eigenvalue weighted by Crippen LogP contribution is -2.54. The maximum absolute atomic E-state index is 11.6. The van der Waals surface area contributed by atoms with Gasteiger partial charge in [0, 0.05) is 0 Å². The Morgan fingerprint density at radius 2 is 2.00 bits per heavy atom. The number of methoxy groups -OCH3 is 1. The van der Waals surface area contributed by atoms with Crippen LogP contribution >= 0.6 is 0 Å². The number of rotatable bonds is 2. The van der Waals surface area contributed by atoms with E-state index in [0.717, 1.165) is 0 Å². The van der Waals surface area contributed by atoms with Crippen molar-refractivity contribution in [2.24, 2.45) is 11.3 Å². The van der Waals surface area contributed by atoms with Crippen LogP contribution in [0.2, 0.25) is 0 Å². The van der Waals surface area contributed by atoms with Crippen LogP contribution in [0.25, 0.3) is 0 Å². The average molecular weight is 184 g/mol.